The third-order valence-corrected chi connectivity index (χ3v) is 3.60. The van der Waals surface area contributed by atoms with Crippen molar-refractivity contribution in [3.63, 3.8) is 0 Å². The molecule has 0 radical (unpaired) electrons. The van der Waals surface area contributed by atoms with Crippen LogP contribution in [0.5, 0.6) is 0 Å². The maximum absolute atomic E-state index is 12.3. The largest absolute Gasteiger partial charge is 0.376 e. The average Bonchev–Trinajstić information content (AvgIpc) is 3.12. The molecule has 2 atom stereocenters. The topological polar surface area (TPSA) is 56.1 Å². The van der Waals surface area contributed by atoms with E-state index in [2.05, 4.69) is 10.3 Å². The lowest BCUT2D eigenvalue weighted by Gasteiger charge is -2.16. The van der Waals surface area contributed by atoms with E-state index in [1.807, 2.05) is 42.0 Å². The van der Waals surface area contributed by atoms with Crippen molar-refractivity contribution in [2.75, 3.05) is 6.61 Å². The SMILES string of the molecule is C[C@@H]1OCC[C@@H]1NC(=O)c1cccc(-n2ccnc2)c1. The first kappa shape index (κ1) is 12.9. The number of rotatable bonds is 3. The standard InChI is InChI=1S/C15H17N3O2/c1-11-14(5-8-20-11)17-15(19)12-3-2-4-13(9-12)18-7-6-16-10-18/h2-4,6-7,9-11,14H,5,8H2,1H3,(H,17,19)/t11-,14-/m0/s1. The monoisotopic (exact) mass is 271 g/mol. The highest BCUT2D eigenvalue weighted by Crippen LogP contribution is 2.15. The van der Waals surface area contributed by atoms with Crippen molar-refractivity contribution in [2.24, 2.45) is 0 Å². The number of aromatic nitrogens is 2. The van der Waals surface area contributed by atoms with Crippen molar-refractivity contribution in [1.82, 2.24) is 14.9 Å². The van der Waals surface area contributed by atoms with Crippen LogP contribution in [0.25, 0.3) is 5.69 Å². The fourth-order valence-electron chi connectivity index (χ4n) is 2.39. The van der Waals surface area contributed by atoms with Gasteiger partial charge in [-0.3, -0.25) is 4.79 Å². The van der Waals surface area contributed by atoms with E-state index in [0.29, 0.717) is 12.2 Å². The Balaban J connectivity index is 1.76. The molecule has 5 nitrogen and oxygen atoms in total. The summed E-state index contributed by atoms with van der Waals surface area (Å²) in [5, 5.41) is 3.03. The van der Waals surface area contributed by atoms with Gasteiger partial charge in [0.15, 0.2) is 0 Å². The molecular formula is C15H17N3O2. The Labute approximate surface area is 117 Å². The van der Waals surface area contributed by atoms with Crippen molar-refractivity contribution in [3.8, 4) is 5.69 Å². The Hall–Kier alpha value is -2.14. The Morgan fingerprint density at radius 2 is 2.40 bits per heavy atom. The summed E-state index contributed by atoms with van der Waals surface area (Å²) < 4.78 is 7.33. The summed E-state index contributed by atoms with van der Waals surface area (Å²) in [5.74, 6) is -0.0608. The molecule has 0 saturated carbocycles. The quantitative estimate of drug-likeness (QED) is 0.925. The molecule has 3 rings (SSSR count). The molecule has 1 N–H and O–H groups in total. The number of carbonyl (C=O) groups excluding carboxylic acids is 1. The van der Waals surface area contributed by atoms with Crippen LogP contribution in [0, 0.1) is 0 Å². The fraction of sp³-hybridized carbons (Fsp3) is 0.333. The lowest BCUT2D eigenvalue weighted by Crippen LogP contribution is -2.39. The van der Waals surface area contributed by atoms with Crippen LogP contribution in [0.2, 0.25) is 0 Å². The van der Waals surface area contributed by atoms with Gasteiger partial charge in [-0.2, -0.15) is 0 Å². The second kappa shape index (κ2) is 5.46. The molecule has 0 bridgehead atoms. The Kier molecular flexibility index (Phi) is 3.52. The zero-order valence-electron chi connectivity index (χ0n) is 11.3. The molecule has 1 fully saturated rings. The van der Waals surface area contributed by atoms with Crippen LogP contribution in [0.4, 0.5) is 0 Å². The first-order valence-corrected chi connectivity index (χ1v) is 6.75. The van der Waals surface area contributed by atoms with Crippen LogP contribution in [-0.4, -0.2) is 34.2 Å². The summed E-state index contributed by atoms with van der Waals surface area (Å²) in [6.45, 7) is 2.70. The van der Waals surface area contributed by atoms with Crippen molar-refractivity contribution in [2.45, 2.75) is 25.5 Å². The number of ether oxygens (including phenoxy) is 1. The van der Waals surface area contributed by atoms with Gasteiger partial charge in [0.1, 0.15) is 0 Å². The van der Waals surface area contributed by atoms with E-state index in [0.717, 1.165) is 12.1 Å². The van der Waals surface area contributed by atoms with Gasteiger partial charge < -0.3 is 14.6 Å². The summed E-state index contributed by atoms with van der Waals surface area (Å²) in [7, 11) is 0. The van der Waals surface area contributed by atoms with E-state index in [4.69, 9.17) is 4.74 Å². The highest BCUT2D eigenvalue weighted by molar-refractivity contribution is 5.95. The van der Waals surface area contributed by atoms with Gasteiger partial charge in [-0.25, -0.2) is 4.98 Å². The van der Waals surface area contributed by atoms with Gasteiger partial charge in [-0.1, -0.05) is 6.07 Å². The molecule has 1 aliphatic heterocycles. The van der Waals surface area contributed by atoms with Crippen LogP contribution in [-0.2, 0) is 4.74 Å². The van der Waals surface area contributed by atoms with E-state index in [1.54, 1.807) is 12.5 Å². The lowest BCUT2D eigenvalue weighted by molar-refractivity contribution is 0.0866. The molecule has 1 aromatic heterocycles. The van der Waals surface area contributed by atoms with E-state index in [-0.39, 0.29) is 18.1 Å². The minimum atomic E-state index is -0.0608. The van der Waals surface area contributed by atoms with Crippen LogP contribution in [0.15, 0.2) is 43.0 Å². The summed E-state index contributed by atoms with van der Waals surface area (Å²) in [6.07, 6.45) is 6.22. The first-order chi connectivity index (χ1) is 9.74. The number of imidazole rings is 1. The molecular weight excluding hydrogens is 254 g/mol. The molecule has 20 heavy (non-hydrogen) atoms. The minimum Gasteiger partial charge on any atom is -0.376 e. The highest BCUT2D eigenvalue weighted by Gasteiger charge is 2.25. The summed E-state index contributed by atoms with van der Waals surface area (Å²) in [4.78, 5) is 16.3. The maximum atomic E-state index is 12.3. The number of amides is 1. The second-order valence-corrected chi connectivity index (χ2v) is 4.96. The Morgan fingerprint density at radius 1 is 1.50 bits per heavy atom. The van der Waals surface area contributed by atoms with Crippen LogP contribution in [0.3, 0.4) is 0 Å². The summed E-state index contributed by atoms with van der Waals surface area (Å²) >= 11 is 0. The zero-order valence-corrected chi connectivity index (χ0v) is 11.3. The molecule has 0 aliphatic carbocycles. The van der Waals surface area contributed by atoms with Crippen LogP contribution in [0.1, 0.15) is 23.7 Å². The number of nitrogens with zero attached hydrogens (tertiary/aromatic N) is 2. The van der Waals surface area contributed by atoms with Gasteiger partial charge in [-0.05, 0) is 31.5 Å². The summed E-state index contributed by atoms with van der Waals surface area (Å²) in [5.41, 5.74) is 1.57. The van der Waals surface area contributed by atoms with Gasteiger partial charge in [-0.15, -0.1) is 0 Å². The smallest absolute Gasteiger partial charge is 0.251 e. The van der Waals surface area contributed by atoms with Gasteiger partial charge >= 0.3 is 0 Å². The molecule has 2 heterocycles. The molecule has 1 amide bonds. The van der Waals surface area contributed by atoms with Gasteiger partial charge in [0.25, 0.3) is 5.91 Å². The average molecular weight is 271 g/mol. The number of carbonyl (C=O) groups is 1. The number of nitrogens with one attached hydrogen (secondary N) is 1. The third-order valence-electron chi connectivity index (χ3n) is 3.60. The molecule has 5 heteroatoms. The second-order valence-electron chi connectivity index (χ2n) is 4.96. The van der Waals surface area contributed by atoms with E-state index in [9.17, 15) is 4.79 Å². The van der Waals surface area contributed by atoms with Crippen molar-refractivity contribution < 1.29 is 9.53 Å². The predicted octanol–water partition coefficient (Wildman–Crippen LogP) is 1.78. The molecule has 1 saturated heterocycles. The third kappa shape index (κ3) is 2.58. The first-order valence-electron chi connectivity index (χ1n) is 6.75. The number of benzene rings is 1. The zero-order chi connectivity index (χ0) is 13.9. The van der Waals surface area contributed by atoms with Crippen LogP contribution < -0.4 is 5.32 Å². The lowest BCUT2D eigenvalue weighted by atomic mass is 10.1. The van der Waals surface area contributed by atoms with E-state index in [1.165, 1.54) is 0 Å². The minimum absolute atomic E-state index is 0.0608. The van der Waals surface area contributed by atoms with Gasteiger partial charge in [0, 0.05) is 30.3 Å². The van der Waals surface area contributed by atoms with Crippen molar-refractivity contribution >= 4 is 5.91 Å². The molecule has 1 aliphatic rings. The Morgan fingerprint density at radius 3 is 3.10 bits per heavy atom. The maximum Gasteiger partial charge on any atom is 0.251 e. The predicted molar refractivity (Wildman–Crippen MR) is 74.8 cm³/mol. The van der Waals surface area contributed by atoms with Gasteiger partial charge in [0.2, 0.25) is 0 Å². The highest BCUT2D eigenvalue weighted by atomic mass is 16.5. The number of hydrogen-bond donors (Lipinski definition) is 1. The summed E-state index contributed by atoms with van der Waals surface area (Å²) in [6, 6.07) is 7.59. The fourth-order valence-corrected chi connectivity index (χ4v) is 2.39. The number of hydrogen-bond acceptors (Lipinski definition) is 3. The van der Waals surface area contributed by atoms with Gasteiger partial charge in [0.05, 0.1) is 18.5 Å². The molecule has 104 valence electrons. The molecule has 2 aromatic rings. The van der Waals surface area contributed by atoms with Crippen molar-refractivity contribution in [3.05, 3.63) is 48.5 Å². The van der Waals surface area contributed by atoms with Crippen molar-refractivity contribution in [1.29, 1.82) is 0 Å². The van der Waals surface area contributed by atoms with E-state index >= 15 is 0 Å². The Bertz CT molecular complexity index is 595. The van der Waals surface area contributed by atoms with E-state index < -0.39 is 0 Å². The van der Waals surface area contributed by atoms with Crippen LogP contribution >= 0.6 is 0 Å². The molecule has 1 aromatic carbocycles. The molecule has 0 unspecified atom stereocenters. The normalized spacial score (nSPS) is 21.9. The molecule has 0 spiro atoms.